The predicted octanol–water partition coefficient (Wildman–Crippen LogP) is 4.20. The standard InChI is InChI=1S/C16H12F3N3O7/c1-8(15(23)24)20-12-7-10(3-4-13(12)22(27)28)29-14-5-2-9(21(25)26)6-11(14)16(17,18)19/h2-8,20H,1H3,(H,23,24). The number of nitrogens with one attached hydrogen (secondary N) is 1. The number of nitrogens with zero attached hydrogens (tertiary/aromatic N) is 2. The van der Waals surface area contributed by atoms with Gasteiger partial charge in [-0.25, -0.2) is 0 Å². The summed E-state index contributed by atoms with van der Waals surface area (Å²) in [6.45, 7) is 1.21. The van der Waals surface area contributed by atoms with Gasteiger partial charge in [-0.1, -0.05) is 0 Å². The zero-order valence-corrected chi connectivity index (χ0v) is 14.5. The Kier molecular flexibility index (Phi) is 5.90. The Hall–Kier alpha value is -3.90. The molecule has 10 nitrogen and oxygen atoms in total. The van der Waals surface area contributed by atoms with Crippen molar-refractivity contribution in [2.75, 3.05) is 5.32 Å². The first-order valence-corrected chi connectivity index (χ1v) is 7.71. The minimum atomic E-state index is -4.97. The van der Waals surface area contributed by atoms with E-state index in [9.17, 15) is 38.2 Å². The molecule has 0 amide bonds. The van der Waals surface area contributed by atoms with Crippen LogP contribution in [-0.2, 0) is 11.0 Å². The minimum Gasteiger partial charge on any atom is -0.480 e. The summed E-state index contributed by atoms with van der Waals surface area (Å²) in [7, 11) is 0. The molecule has 0 saturated carbocycles. The van der Waals surface area contributed by atoms with Gasteiger partial charge in [0.05, 0.1) is 9.85 Å². The van der Waals surface area contributed by atoms with Crippen molar-refractivity contribution >= 4 is 23.0 Å². The van der Waals surface area contributed by atoms with Crippen LogP contribution in [-0.4, -0.2) is 27.0 Å². The average Bonchev–Trinajstić information content (AvgIpc) is 2.60. The van der Waals surface area contributed by atoms with Crippen LogP contribution in [0.2, 0.25) is 0 Å². The lowest BCUT2D eigenvalue weighted by Gasteiger charge is -2.15. The Bertz CT molecular complexity index is 979. The fourth-order valence-electron chi connectivity index (χ4n) is 2.22. The van der Waals surface area contributed by atoms with Crippen LogP contribution in [0.4, 0.5) is 30.2 Å². The van der Waals surface area contributed by atoms with Gasteiger partial charge in [0.1, 0.15) is 28.8 Å². The number of carbonyl (C=O) groups is 1. The van der Waals surface area contributed by atoms with Gasteiger partial charge in [0, 0.05) is 24.3 Å². The van der Waals surface area contributed by atoms with Gasteiger partial charge in [-0.15, -0.1) is 0 Å². The van der Waals surface area contributed by atoms with Gasteiger partial charge in [0.15, 0.2) is 0 Å². The van der Waals surface area contributed by atoms with Crippen molar-refractivity contribution in [1.29, 1.82) is 0 Å². The molecule has 1 unspecified atom stereocenters. The van der Waals surface area contributed by atoms with E-state index in [-0.39, 0.29) is 11.4 Å². The number of carboxylic acids is 1. The van der Waals surface area contributed by atoms with E-state index in [1.807, 2.05) is 0 Å². The SMILES string of the molecule is CC(Nc1cc(Oc2ccc([N+](=O)[O-])cc2C(F)(F)F)ccc1[N+](=O)[O-])C(=O)O. The number of hydrogen-bond acceptors (Lipinski definition) is 7. The summed E-state index contributed by atoms with van der Waals surface area (Å²) in [6, 6.07) is 3.50. The molecule has 0 heterocycles. The first-order valence-electron chi connectivity index (χ1n) is 7.71. The van der Waals surface area contributed by atoms with Crippen LogP contribution >= 0.6 is 0 Å². The molecule has 0 saturated heterocycles. The molecule has 1 atom stereocenters. The highest BCUT2D eigenvalue weighted by Crippen LogP contribution is 2.41. The summed E-state index contributed by atoms with van der Waals surface area (Å²) in [5, 5.41) is 33.1. The number of carboxylic acid groups (broad SMARTS) is 1. The molecule has 2 rings (SSSR count). The molecule has 0 aliphatic rings. The third-order valence-corrected chi connectivity index (χ3v) is 3.61. The molecule has 2 aromatic carbocycles. The van der Waals surface area contributed by atoms with Crippen molar-refractivity contribution in [3.63, 3.8) is 0 Å². The molecule has 154 valence electrons. The zero-order chi connectivity index (χ0) is 21.9. The Morgan fingerprint density at radius 3 is 2.31 bits per heavy atom. The van der Waals surface area contributed by atoms with Crippen molar-refractivity contribution in [3.05, 3.63) is 62.2 Å². The first-order chi connectivity index (χ1) is 13.4. The van der Waals surface area contributed by atoms with E-state index in [0.29, 0.717) is 6.07 Å². The normalized spacial score (nSPS) is 12.1. The van der Waals surface area contributed by atoms with Gasteiger partial charge in [-0.05, 0) is 19.1 Å². The number of alkyl halides is 3. The highest BCUT2D eigenvalue weighted by molar-refractivity contribution is 5.78. The summed E-state index contributed by atoms with van der Waals surface area (Å²) < 4.78 is 44.8. The van der Waals surface area contributed by atoms with Gasteiger partial charge in [-0.3, -0.25) is 25.0 Å². The number of aliphatic carboxylic acids is 1. The van der Waals surface area contributed by atoms with Gasteiger partial charge in [-0.2, -0.15) is 13.2 Å². The molecule has 0 radical (unpaired) electrons. The van der Waals surface area contributed by atoms with Crippen molar-refractivity contribution < 1.29 is 37.7 Å². The maximum Gasteiger partial charge on any atom is 0.420 e. The summed E-state index contributed by atoms with van der Waals surface area (Å²) >= 11 is 0. The molecule has 0 aromatic heterocycles. The number of rotatable bonds is 7. The number of anilines is 1. The highest BCUT2D eigenvalue weighted by Gasteiger charge is 2.36. The number of nitro benzene ring substituents is 2. The number of non-ortho nitro benzene ring substituents is 1. The van der Waals surface area contributed by atoms with Crippen LogP contribution in [0.25, 0.3) is 0 Å². The third kappa shape index (κ3) is 5.09. The maximum absolute atomic E-state index is 13.2. The van der Waals surface area contributed by atoms with Crippen molar-refractivity contribution in [3.8, 4) is 11.5 Å². The molecular weight excluding hydrogens is 403 g/mol. The topological polar surface area (TPSA) is 145 Å². The maximum atomic E-state index is 13.2. The van der Waals surface area contributed by atoms with E-state index in [2.05, 4.69) is 5.32 Å². The second-order valence-corrected chi connectivity index (χ2v) is 5.68. The Morgan fingerprint density at radius 1 is 1.14 bits per heavy atom. The monoisotopic (exact) mass is 415 g/mol. The number of nitro groups is 2. The number of hydrogen-bond donors (Lipinski definition) is 2. The van der Waals surface area contributed by atoms with E-state index >= 15 is 0 Å². The van der Waals surface area contributed by atoms with Crippen LogP contribution in [0, 0.1) is 20.2 Å². The van der Waals surface area contributed by atoms with Crippen molar-refractivity contribution in [2.24, 2.45) is 0 Å². The van der Waals surface area contributed by atoms with E-state index in [4.69, 9.17) is 9.84 Å². The van der Waals surface area contributed by atoms with Gasteiger partial charge in [0.25, 0.3) is 11.4 Å². The minimum absolute atomic E-state index is 0.282. The largest absolute Gasteiger partial charge is 0.480 e. The van der Waals surface area contributed by atoms with Gasteiger partial charge in [0.2, 0.25) is 0 Å². The van der Waals surface area contributed by atoms with Crippen LogP contribution < -0.4 is 10.1 Å². The molecule has 0 fully saturated rings. The lowest BCUT2D eigenvalue weighted by atomic mass is 10.1. The Balaban J connectivity index is 2.47. The van der Waals surface area contributed by atoms with Crippen molar-refractivity contribution in [2.45, 2.75) is 19.1 Å². The predicted molar refractivity (Wildman–Crippen MR) is 92.0 cm³/mol. The first kappa shape index (κ1) is 21.4. The molecule has 13 heteroatoms. The van der Waals surface area contributed by atoms with E-state index < -0.39 is 50.7 Å². The lowest BCUT2D eigenvalue weighted by Crippen LogP contribution is -2.25. The van der Waals surface area contributed by atoms with Crippen LogP contribution in [0.1, 0.15) is 12.5 Å². The average molecular weight is 415 g/mol. The molecule has 0 bridgehead atoms. The highest BCUT2D eigenvalue weighted by atomic mass is 19.4. The number of halogens is 3. The van der Waals surface area contributed by atoms with E-state index in [0.717, 1.165) is 30.3 Å². The molecule has 2 N–H and O–H groups in total. The number of ether oxygens (including phenoxy) is 1. The van der Waals surface area contributed by atoms with Crippen LogP contribution in [0.5, 0.6) is 11.5 Å². The Labute approximate surface area is 159 Å². The number of benzene rings is 2. The second kappa shape index (κ2) is 8.00. The second-order valence-electron chi connectivity index (χ2n) is 5.68. The van der Waals surface area contributed by atoms with Gasteiger partial charge < -0.3 is 15.2 Å². The van der Waals surface area contributed by atoms with E-state index in [1.54, 1.807) is 0 Å². The molecule has 0 aliphatic heterocycles. The van der Waals surface area contributed by atoms with Gasteiger partial charge >= 0.3 is 12.1 Å². The summed E-state index contributed by atoms with van der Waals surface area (Å²) in [4.78, 5) is 31.0. The fraction of sp³-hybridized carbons (Fsp3) is 0.188. The van der Waals surface area contributed by atoms with Crippen molar-refractivity contribution in [1.82, 2.24) is 0 Å². The fourth-order valence-corrected chi connectivity index (χ4v) is 2.22. The third-order valence-electron chi connectivity index (χ3n) is 3.61. The molecule has 0 aliphatic carbocycles. The molecular formula is C16H12F3N3O7. The summed E-state index contributed by atoms with van der Waals surface area (Å²) in [5.41, 5.74) is -3.03. The summed E-state index contributed by atoms with van der Waals surface area (Å²) in [6.07, 6.45) is -4.97. The molecule has 2 aromatic rings. The van der Waals surface area contributed by atoms with E-state index in [1.165, 1.54) is 6.92 Å². The van der Waals surface area contributed by atoms with Crippen LogP contribution in [0.3, 0.4) is 0 Å². The lowest BCUT2D eigenvalue weighted by molar-refractivity contribution is -0.385. The zero-order valence-electron chi connectivity index (χ0n) is 14.5. The van der Waals surface area contributed by atoms with Crippen LogP contribution in [0.15, 0.2) is 36.4 Å². The molecule has 29 heavy (non-hydrogen) atoms. The quantitative estimate of drug-likeness (QED) is 0.506. The summed E-state index contributed by atoms with van der Waals surface area (Å²) in [5.74, 6) is -2.37. The Morgan fingerprint density at radius 2 is 1.79 bits per heavy atom. The smallest absolute Gasteiger partial charge is 0.420 e. The molecule has 0 spiro atoms.